The second kappa shape index (κ2) is 10.4. The summed E-state index contributed by atoms with van der Waals surface area (Å²) in [5.74, 6) is 2.54. The summed E-state index contributed by atoms with van der Waals surface area (Å²) in [5, 5.41) is 6.34. The van der Waals surface area contributed by atoms with Crippen molar-refractivity contribution < 1.29 is 22.6 Å². The van der Waals surface area contributed by atoms with E-state index in [1.807, 2.05) is 19.1 Å². The first kappa shape index (κ1) is 22.1. The average molecular weight is 415 g/mol. The Hall–Kier alpha value is -2.20. The second-order valence-corrected chi connectivity index (χ2v) is 8.31. The monoisotopic (exact) mass is 414 g/mol. The van der Waals surface area contributed by atoms with Gasteiger partial charge >= 0.3 is 0 Å². The van der Waals surface area contributed by atoms with Gasteiger partial charge in [0.25, 0.3) is 0 Å². The van der Waals surface area contributed by atoms with Gasteiger partial charge in [0.15, 0.2) is 17.5 Å². The smallest absolute Gasteiger partial charge is 0.214 e. The number of nitrogens with one attached hydrogen (secondary N) is 2. The number of hydrogen-bond acceptors (Lipinski definition) is 6. The van der Waals surface area contributed by atoms with Crippen LogP contribution < -0.4 is 24.8 Å². The molecule has 0 aliphatic carbocycles. The molecule has 0 aromatic heterocycles. The van der Waals surface area contributed by atoms with Crippen molar-refractivity contribution in [2.24, 2.45) is 4.99 Å². The average Bonchev–Trinajstić information content (AvgIpc) is 3.03. The third kappa shape index (κ3) is 5.65. The van der Waals surface area contributed by atoms with Crippen LogP contribution in [0.4, 0.5) is 0 Å². The number of ether oxygens (including phenoxy) is 3. The Morgan fingerprint density at radius 2 is 1.82 bits per heavy atom. The maximum absolute atomic E-state index is 11.9. The van der Waals surface area contributed by atoms with E-state index in [-0.39, 0.29) is 5.75 Å². The topological polar surface area (TPSA) is 101 Å². The minimum atomic E-state index is -3.08. The highest BCUT2D eigenvalue weighted by atomic mass is 32.2. The summed E-state index contributed by atoms with van der Waals surface area (Å²) in [5.41, 5.74) is 0.897. The van der Waals surface area contributed by atoms with Crippen LogP contribution in [0.5, 0.6) is 17.2 Å². The zero-order valence-electron chi connectivity index (χ0n) is 16.9. The summed E-state index contributed by atoms with van der Waals surface area (Å²) in [6.07, 6.45) is 0.692. The van der Waals surface area contributed by atoms with Crippen LogP contribution in [-0.4, -0.2) is 71.9 Å². The van der Waals surface area contributed by atoms with Crippen molar-refractivity contribution in [2.75, 3.05) is 53.3 Å². The standard InChI is InChI=1S/C18H30N4O5S/c1-5-19-18(20-7-9-22-8-6-10-28(22,23)24)21-13-14-11-15(25-2)17(27-4)16(12-14)26-3/h11-12H,5-10,13H2,1-4H3,(H2,19,20,21). The summed E-state index contributed by atoms with van der Waals surface area (Å²) >= 11 is 0. The fourth-order valence-corrected chi connectivity index (χ4v) is 4.51. The zero-order valence-corrected chi connectivity index (χ0v) is 17.8. The predicted octanol–water partition coefficient (Wildman–Crippen LogP) is 0.803. The molecule has 0 spiro atoms. The lowest BCUT2D eigenvalue weighted by Crippen LogP contribution is -2.42. The van der Waals surface area contributed by atoms with Crippen molar-refractivity contribution in [1.29, 1.82) is 0 Å². The molecule has 2 N–H and O–H groups in total. The van der Waals surface area contributed by atoms with Crippen LogP contribution in [0.1, 0.15) is 18.9 Å². The Kier molecular flexibility index (Phi) is 8.18. The lowest BCUT2D eigenvalue weighted by molar-refractivity contribution is 0.324. The number of nitrogens with zero attached hydrogens (tertiary/aromatic N) is 2. The molecule has 9 nitrogen and oxygen atoms in total. The van der Waals surface area contributed by atoms with E-state index in [9.17, 15) is 8.42 Å². The first-order valence-corrected chi connectivity index (χ1v) is 10.8. The largest absolute Gasteiger partial charge is 0.493 e. The van der Waals surface area contributed by atoms with Gasteiger partial charge in [-0.05, 0) is 31.0 Å². The summed E-state index contributed by atoms with van der Waals surface area (Å²) < 4.78 is 41.3. The van der Waals surface area contributed by atoms with Crippen molar-refractivity contribution in [3.8, 4) is 17.2 Å². The molecular formula is C18H30N4O5S. The van der Waals surface area contributed by atoms with E-state index in [0.29, 0.717) is 62.4 Å². The highest BCUT2D eigenvalue weighted by Crippen LogP contribution is 2.38. The van der Waals surface area contributed by atoms with Crippen LogP contribution in [0.25, 0.3) is 0 Å². The molecule has 1 heterocycles. The molecule has 0 radical (unpaired) electrons. The molecule has 1 aliphatic heterocycles. The molecule has 1 fully saturated rings. The summed E-state index contributed by atoms with van der Waals surface area (Å²) in [4.78, 5) is 4.57. The highest BCUT2D eigenvalue weighted by Gasteiger charge is 2.27. The molecule has 1 saturated heterocycles. The molecule has 0 atom stereocenters. The van der Waals surface area contributed by atoms with Crippen LogP contribution in [-0.2, 0) is 16.6 Å². The number of benzene rings is 1. The van der Waals surface area contributed by atoms with Crippen LogP contribution in [0.15, 0.2) is 17.1 Å². The summed E-state index contributed by atoms with van der Waals surface area (Å²) in [7, 11) is 1.62. The fraction of sp³-hybridized carbons (Fsp3) is 0.611. The lowest BCUT2D eigenvalue weighted by atomic mass is 10.2. The van der Waals surface area contributed by atoms with Crippen molar-refractivity contribution >= 4 is 16.0 Å². The van der Waals surface area contributed by atoms with E-state index in [4.69, 9.17) is 14.2 Å². The van der Waals surface area contributed by atoms with Gasteiger partial charge in [-0.25, -0.2) is 17.7 Å². The number of methoxy groups -OCH3 is 3. The molecular weight excluding hydrogens is 384 g/mol. The van der Waals surface area contributed by atoms with Gasteiger partial charge in [0.1, 0.15) is 0 Å². The Morgan fingerprint density at radius 1 is 1.14 bits per heavy atom. The van der Waals surface area contributed by atoms with Gasteiger partial charge in [-0.3, -0.25) is 0 Å². The molecule has 1 aromatic rings. The van der Waals surface area contributed by atoms with Crippen LogP contribution in [0.2, 0.25) is 0 Å². The first-order chi connectivity index (χ1) is 13.4. The van der Waals surface area contributed by atoms with E-state index in [1.165, 1.54) is 4.31 Å². The third-order valence-electron chi connectivity index (χ3n) is 4.35. The Bertz CT molecular complexity index is 757. The molecule has 0 saturated carbocycles. The Labute approximate surface area is 167 Å². The van der Waals surface area contributed by atoms with Crippen LogP contribution in [0.3, 0.4) is 0 Å². The number of hydrogen-bond donors (Lipinski definition) is 2. The van der Waals surface area contributed by atoms with Gasteiger partial charge in [-0.15, -0.1) is 0 Å². The Morgan fingerprint density at radius 3 is 2.32 bits per heavy atom. The minimum Gasteiger partial charge on any atom is -0.493 e. The third-order valence-corrected chi connectivity index (χ3v) is 6.30. The van der Waals surface area contributed by atoms with Gasteiger partial charge in [-0.1, -0.05) is 0 Å². The molecule has 1 aromatic carbocycles. The van der Waals surface area contributed by atoms with E-state index < -0.39 is 10.0 Å². The molecule has 2 rings (SSSR count). The molecule has 1 aliphatic rings. The summed E-state index contributed by atoms with van der Waals surface area (Å²) in [6.45, 7) is 4.57. The SMILES string of the molecule is CCNC(=NCc1cc(OC)c(OC)c(OC)c1)NCCN1CCCS1(=O)=O. The second-order valence-electron chi connectivity index (χ2n) is 6.22. The van der Waals surface area contributed by atoms with Gasteiger partial charge in [0.2, 0.25) is 15.8 Å². The van der Waals surface area contributed by atoms with Crippen molar-refractivity contribution in [3.63, 3.8) is 0 Å². The molecule has 28 heavy (non-hydrogen) atoms. The number of rotatable bonds is 9. The number of guanidine groups is 1. The van der Waals surface area contributed by atoms with Crippen molar-refractivity contribution in [3.05, 3.63) is 17.7 Å². The first-order valence-electron chi connectivity index (χ1n) is 9.24. The fourth-order valence-electron chi connectivity index (χ4n) is 2.98. The highest BCUT2D eigenvalue weighted by molar-refractivity contribution is 7.89. The van der Waals surface area contributed by atoms with Crippen LogP contribution in [0, 0.1) is 0 Å². The zero-order chi connectivity index (χ0) is 20.6. The minimum absolute atomic E-state index is 0.238. The normalized spacial score (nSPS) is 16.6. The molecule has 10 heteroatoms. The quantitative estimate of drug-likeness (QED) is 0.455. The van der Waals surface area contributed by atoms with Gasteiger partial charge < -0.3 is 24.8 Å². The van der Waals surface area contributed by atoms with E-state index in [2.05, 4.69) is 15.6 Å². The molecule has 0 unspecified atom stereocenters. The molecule has 0 bridgehead atoms. The number of aliphatic imine (C=N–C) groups is 1. The molecule has 0 amide bonds. The van der Waals surface area contributed by atoms with E-state index in [1.54, 1.807) is 21.3 Å². The van der Waals surface area contributed by atoms with Gasteiger partial charge in [-0.2, -0.15) is 0 Å². The van der Waals surface area contributed by atoms with Gasteiger partial charge in [0, 0.05) is 26.2 Å². The van der Waals surface area contributed by atoms with Gasteiger partial charge in [0.05, 0.1) is 33.6 Å². The van der Waals surface area contributed by atoms with Crippen molar-refractivity contribution in [2.45, 2.75) is 19.9 Å². The maximum atomic E-state index is 11.9. The van der Waals surface area contributed by atoms with Crippen LogP contribution >= 0.6 is 0 Å². The van der Waals surface area contributed by atoms with E-state index in [0.717, 1.165) is 5.56 Å². The maximum Gasteiger partial charge on any atom is 0.214 e. The molecule has 158 valence electrons. The predicted molar refractivity (Wildman–Crippen MR) is 109 cm³/mol. The van der Waals surface area contributed by atoms with E-state index >= 15 is 0 Å². The lowest BCUT2D eigenvalue weighted by Gasteiger charge is -2.17. The number of sulfonamides is 1. The van der Waals surface area contributed by atoms with Crippen molar-refractivity contribution in [1.82, 2.24) is 14.9 Å². The summed E-state index contributed by atoms with van der Waals surface area (Å²) in [6, 6.07) is 3.70. The Balaban J connectivity index is 2.03.